The molecule has 2 rings (SSSR count). The molecule has 1 amide bonds. The first-order chi connectivity index (χ1) is 12.1. The van der Waals surface area contributed by atoms with Crippen LogP contribution in [0.25, 0.3) is 6.08 Å². The Kier molecular flexibility index (Phi) is 6.02. The van der Waals surface area contributed by atoms with Gasteiger partial charge in [0.2, 0.25) is 0 Å². The van der Waals surface area contributed by atoms with E-state index in [1.54, 1.807) is 44.6 Å². The zero-order valence-corrected chi connectivity index (χ0v) is 14.0. The maximum absolute atomic E-state index is 11.1. The van der Waals surface area contributed by atoms with E-state index in [1.165, 1.54) is 6.08 Å². The van der Waals surface area contributed by atoms with Crippen molar-refractivity contribution in [1.82, 2.24) is 0 Å². The van der Waals surface area contributed by atoms with Gasteiger partial charge in [0.05, 0.1) is 14.2 Å². The molecule has 0 heterocycles. The van der Waals surface area contributed by atoms with Gasteiger partial charge in [-0.1, -0.05) is 12.1 Å². The Balaban J connectivity index is 2.10. The van der Waals surface area contributed by atoms with Gasteiger partial charge < -0.3 is 19.9 Å². The lowest BCUT2D eigenvalue weighted by molar-refractivity contribution is -0.114. The molecule has 0 spiro atoms. The Morgan fingerprint density at radius 2 is 1.80 bits per heavy atom. The number of amides is 1. The van der Waals surface area contributed by atoms with Crippen molar-refractivity contribution in [3.8, 4) is 23.3 Å². The van der Waals surface area contributed by atoms with E-state index in [1.807, 2.05) is 18.2 Å². The Labute approximate surface area is 146 Å². The first-order valence-corrected chi connectivity index (χ1v) is 7.42. The Hall–Kier alpha value is -3.46. The number of hydrogen-bond acceptors (Lipinski definition) is 5. The first-order valence-electron chi connectivity index (χ1n) is 7.42. The van der Waals surface area contributed by atoms with Crippen LogP contribution < -0.4 is 19.9 Å². The lowest BCUT2D eigenvalue weighted by Gasteiger charge is -2.12. The molecule has 0 aliphatic rings. The van der Waals surface area contributed by atoms with Crippen molar-refractivity contribution in [1.29, 1.82) is 5.26 Å². The van der Waals surface area contributed by atoms with Crippen molar-refractivity contribution >= 4 is 12.0 Å². The molecular weight excluding hydrogens is 320 g/mol. The number of carbonyl (C=O) groups excluding carboxylic acids is 1. The molecular formula is C19H18N2O4. The van der Waals surface area contributed by atoms with Crippen LogP contribution in [0.1, 0.15) is 11.1 Å². The second-order valence-electron chi connectivity index (χ2n) is 5.07. The largest absolute Gasteiger partial charge is 0.497 e. The third-order valence-corrected chi connectivity index (χ3v) is 3.46. The monoisotopic (exact) mass is 338 g/mol. The van der Waals surface area contributed by atoms with Crippen LogP contribution in [0.15, 0.2) is 48.0 Å². The molecule has 2 aromatic carbocycles. The average Bonchev–Trinajstić information content (AvgIpc) is 2.64. The second kappa shape index (κ2) is 8.41. The fourth-order valence-corrected chi connectivity index (χ4v) is 2.14. The number of nitrogens with two attached hydrogens (primary N) is 1. The molecule has 0 aliphatic carbocycles. The minimum absolute atomic E-state index is 0.102. The molecule has 6 nitrogen and oxygen atoms in total. The van der Waals surface area contributed by atoms with E-state index in [2.05, 4.69) is 0 Å². The Bertz CT molecular complexity index is 820. The van der Waals surface area contributed by atoms with Crippen molar-refractivity contribution < 1.29 is 19.0 Å². The van der Waals surface area contributed by atoms with Gasteiger partial charge >= 0.3 is 0 Å². The molecule has 0 saturated carbocycles. The highest BCUT2D eigenvalue weighted by Gasteiger charge is 2.07. The number of nitriles is 1. The molecule has 0 bridgehead atoms. The summed E-state index contributed by atoms with van der Waals surface area (Å²) < 4.78 is 16.3. The second-order valence-corrected chi connectivity index (χ2v) is 5.07. The van der Waals surface area contributed by atoms with Gasteiger partial charge in [-0.15, -0.1) is 0 Å². The molecule has 2 aromatic rings. The Morgan fingerprint density at radius 3 is 2.36 bits per heavy atom. The summed E-state index contributed by atoms with van der Waals surface area (Å²) in [6, 6.07) is 14.2. The number of methoxy groups -OCH3 is 2. The molecule has 0 unspecified atom stereocenters. The molecule has 6 heteroatoms. The third-order valence-electron chi connectivity index (χ3n) is 3.46. The quantitative estimate of drug-likeness (QED) is 0.618. The Morgan fingerprint density at radius 1 is 1.12 bits per heavy atom. The highest BCUT2D eigenvalue weighted by Crippen LogP contribution is 2.25. The van der Waals surface area contributed by atoms with Crippen LogP contribution in [-0.2, 0) is 11.4 Å². The summed E-state index contributed by atoms with van der Waals surface area (Å²) in [6.45, 7) is 0.306. The average molecular weight is 338 g/mol. The van der Waals surface area contributed by atoms with Crippen LogP contribution in [0.2, 0.25) is 0 Å². The number of nitrogens with zero attached hydrogens (tertiary/aromatic N) is 1. The minimum Gasteiger partial charge on any atom is -0.497 e. The summed E-state index contributed by atoms with van der Waals surface area (Å²) in [4.78, 5) is 11.1. The summed E-state index contributed by atoms with van der Waals surface area (Å²) in [5.41, 5.74) is 6.54. The van der Waals surface area contributed by atoms with Gasteiger partial charge in [0.1, 0.15) is 35.5 Å². The van der Waals surface area contributed by atoms with E-state index in [9.17, 15) is 4.79 Å². The lowest BCUT2D eigenvalue weighted by Crippen LogP contribution is -2.12. The van der Waals surface area contributed by atoms with Gasteiger partial charge in [0.15, 0.2) is 0 Å². The topological polar surface area (TPSA) is 94.6 Å². The van der Waals surface area contributed by atoms with Crippen LogP contribution in [-0.4, -0.2) is 20.1 Å². The summed E-state index contributed by atoms with van der Waals surface area (Å²) in [5, 5.41) is 8.85. The molecule has 0 aliphatic heterocycles. The summed E-state index contributed by atoms with van der Waals surface area (Å²) in [7, 11) is 3.19. The molecule has 0 fully saturated rings. The predicted molar refractivity (Wildman–Crippen MR) is 93.1 cm³/mol. The van der Waals surface area contributed by atoms with Crippen LogP contribution in [0.5, 0.6) is 17.2 Å². The van der Waals surface area contributed by atoms with Crippen LogP contribution >= 0.6 is 0 Å². The minimum atomic E-state index is -0.757. The van der Waals surface area contributed by atoms with Gasteiger partial charge in [-0.05, 0) is 42.0 Å². The van der Waals surface area contributed by atoms with Gasteiger partial charge in [0.25, 0.3) is 5.91 Å². The normalized spacial score (nSPS) is 10.7. The van der Waals surface area contributed by atoms with E-state index in [0.717, 1.165) is 11.3 Å². The van der Waals surface area contributed by atoms with Crippen LogP contribution in [0, 0.1) is 11.3 Å². The molecule has 0 saturated heterocycles. The van der Waals surface area contributed by atoms with Gasteiger partial charge in [-0.3, -0.25) is 4.79 Å². The summed E-state index contributed by atoms with van der Waals surface area (Å²) in [5.74, 6) is 1.31. The van der Waals surface area contributed by atoms with Gasteiger partial charge in [0, 0.05) is 5.56 Å². The highest BCUT2D eigenvalue weighted by atomic mass is 16.5. The zero-order valence-electron chi connectivity index (χ0n) is 14.0. The number of hydrogen-bond donors (Lipinski definition) is 1. The smallest absolute Gasteiger partial charge is 0.259 e. The zero-order chi connectivity index (χ0) is 18.2. The van der Waals surface area contributed by atoms with Crippen LogP contribution in [0.4, 0.5) is 0 Å². The van der Waals surface area contributed by atoms with Crippen molar-refractivity contribution in [2.24, 2.45) is 5.73 Å². The molecule has 0 atom stereocenters. The van der Waals surface area contributed by atoms with E-state index in [-0.39, 0.29) is 5.57 Å². The lowest BCUT2D eigenvalue weighted by atomic mass is 10.1. The van der Waals surface area contributed by atoms with Gasteiger partial charge in [-0.25, -0.2) is 0 Å². The summed E-state index contributed by atoms with van der Waals surface area (Å²) >= 11 is 0. The molecule has 2 N–H and O–H groups in total. The van der Waals surface area contributed by atoms with Crippen molar-refractivity contribution in [2.45, 2.75) is 6.61 Å². The van der Waals surface area contributed by atoms with E-state index >= 15 is 0 Å². The maximum Gasteiger partial charge on any atom is 0.259 e. The third kappa shape index (κ3) is 4.75. The molecule has 0 aromatic heterocycles. The number of ether oxygens (including phenoxy) is 3. The van der Waals surface area contributed by atoms with E-state index < -0.39 is 5.91 Å². The maximum atomic E-state index is 11.1. The number of rotatable bonds is 7. The summed E-state index contributed by atoms with van der Waals surface area (Å²) in [6.07, 6.45) is 1.43. The van der Waals surface area contributed by atoms with E-state index in [0.29, 0.717) is 23.7 Å². The number of benzene rings is 2. The molecule has 25 heavy (non-hydrogen) atoms. The predicted octanol–water partition coefficient (Wildman–Crippen LogP) is 2.68. The van der Waals surface area contributed by atoms with Crippen LogP contribution in [0.3, 0.4) is 0 Å². The van der Waals surface area contributed by atoms with Gasteiger partial charge in [-0.2, -0.15) is 5.26 Å². The number of carbonyl (C=O) groups is 1. The highest BCUT2D eigenvalue weighted by molar-refractivity contribution is 6.00. The van der Waals surface area contributed by atoms with Crippen molar-refractivity contribution in [2.75, 3.05) is 14.2 Å². The molecule has 0 radical (unpaired) electrons. The number of primary amides is 1. The fraction of sp³-hybridized carbons (Fsp3) is 0.158. The SMILES string of the molecule is COc1ccc(OC)c(COc2ccc(/C=C(\C#N)C(N)=O)cc2)c1. The first kappa shape index (κ1) is 17.9. The van der Waals surface area contributed by atoms with Crippen molar-refractivity contribution in [3.63, 3.8) is 0 Å². The fourth-order valence-electron chi connectivity index (χ4n) is 2.14. The standard InChI is InChI=1S/C19H18N2O4/c1-23-17-7-8-18(24-2)15(10-17)12-25-16-5-3-13(4-6-16)9-14(11-20)19(21)22/h3-10H,12H2,1-2H3,(H2,21,22)/b14-9+. The van der Waals surface area contributed by atoms with Crippen molar-refractivity contribution in [3.05, 3.63) is 59.2 Å². The van der Waals surface area contributed by atoms with E-state index in [4.69, 9.17) is 25.2 Å². The molecule has 128 valence electrons.